The quantitative estimate of drug-likeness (QED) is 0.650. The number of alkyl halides is 3. The molecule has 3 heterocycles. The minimum atomic E-state index is -4.39. The summed E-state index contributed by atoms with van der Waals surface area (Å²) in [6.07, 6.45) is -1.68. The number of carbonyl (C=O) groups is 1. The number of carbonyl (C=O) groups excluding carboxylic acids is 1. The summed E-state index contributed by atoms with van der Waals surface area (Å²) in [6.45, 7) is 11.7. The van der Waals surface area contributed by atoms with Gasteiger partial charge in [0.25, 0.3) is 5.91 Å². The Morgan fingerprint density at radius 3 is 2.34 bits per heavy atom. The lowest BCUT2D eigenvalue weighted by atomic mass is 9.86. The molecular formula is C28H36F3N5O2. The van der Waals surface area contributed by atoms with Gasteiger partial charge in [-0.1, -0.05) is 6.07 Å². The number of piperazine rings is 1. The maximum Gasteiger partial charge on any atom is 0.416 e. The van der Waals surface area contributed by atoms with Gasteiger partial charge in [0.1, 0.15) is 6.33 Å². The smallest absolute Gasteiger partial charge is 0.391 e. The third-order valence-corrected chi connectivity index (χ3v) is 8.95. The predicted octanol–water partition coefficient (Wildman–Crippen LogP) is 3.77. The van der Waals surface area contributed by atoms with Gasteiger partial charge in [0.2, 0.25) is 0 Å². The number of aromatic nitrogens is 2. The van der Waals surface area contributed by atoms with Gasteiger partial charge < -0.3 is 10.0 Å². The number of piperidine rings is 1. The van der Waals surface area contributed by atoms with E-state index >= 15 is 0 Å². The summed E-state index contributed by atoms with van der Waals surface area (Å²) in [5.41, 5.74) is 2.67. The van der Waals surface area contributed by atoms with Crippen LogP contribution in [0, 0.1) is 13.8 Å². The Labute approximate surface area is 221 Å². The number of rotatable bonds is 3. The summed E-state index contributed by atoms with van der Waals surface area (Å²) < 4.78 is 39.6. The molecule has 0 saturated carbocycles. The molecule has 0 radical (unpaired) electrons. The van der Waals surface area contributed by atoms with Crippen LogP contribution in [0.5, 0.6) is 0 Å². The minimum absolute atomic E-state index is 0.0107. The molecule has 10 heteroatoms. The van der Waals surface area contributed by atoms with Gasteiger partial charge in [-0.2, -0.15) is 13.2 Å². The van der Waals surface area contributed by atoms with E-state index in [1.54, 1.807) is 6.07 Å². The Morgan fingerprint density at radius 2 is 1.74 bits per heavy atom. The first-order valence-electron chi connectivity index (χ1n) is 13.4. The highest BCUT2D eigenvalue weighted by molar-refractivity contribution is 5.96. The molecule has 3 aliphatic rings. The van der Waals surface area contributed by atoms with E-state index in [2.05, 4.69) is 33.6 Å². The average Bonchev–Trinajstić information content (AvgIpc) is 3.18. The first kappa shape index (κ1) is 27.0. The molecule has 1 aromatic carbocycles. The number of hydrogen-bond donors (Lipinski definition) is 1. The molecule has 2 aromatic rings. The van der Waals surface area contributed by atoms with Crippen LogP contribution in [-0.2, 0) is 12.6 Å². The third-order valence-electron chi connectivity index (χ3n) is 8.95. The van der Waals surface area contributed by atoms with Crippen molar-refractivity contribution in [2.75, 3.05) is 32.7 Å². The number of benzene rings is 1. The number of fused-ring (bicyclic) bond motifs is 1. The highest BCUT2D eigenvalue weighted by Gasteiger charge is 2.44. The van der Waals surface area contributed by atoms with Crippen LogP contribution in [0.2, 0.25) is 0 Å². The summed E-state index contributed by atoms with van der Waals surface area (Å²) in [5.74, 6) is -0.0107. The van der Waals surface area contributed by atoms with Gasteiger partial charge in [0, 0.05) is 50.7 Å². The highest BCUT2D eigenvalue weighted by atomic mass is 19.4. The van der Waals surface area contributed by atoms with Crippen LogP contribution in [-0.4, -0.2) is 86.1 Å². The Balaban J connectivity index is 1.24. The topological polar surface area (TPSA) is 72.8 Å². The van der Waals surface area contributed by atoms with Gasteiger partial charge in [0.05, 0.1) is 34.7 Å². The van der Waals surface area contributed by atoms with E-state index in [4.69, 9.17) is 0 Å². The molecule has 2 aliphatic heterocycles. The van der Waals surface area contributed by atoms with Crippen molar-refractivity contribution in [1.29, 1.82) is 0 Å². The Bertz CT molecular complexity index is 1190. The summed E-state index contributed by atoms with van der Waals surface area (Å²) >= 11 is 0. The summed E-state index contributed by atoms with van der Waals surface area (Å²) in [7, 11) is 0. The van der Waals surface area contributed by atoms with Crippen molar-refractivity contribution < 1.29 is 23.1 Å². The number of hydrogen-bond acceptors (Lipinski definition) is 6. The predicted molar refractivity (Wildman–Crippen MR) is 137 cm³/mol. The zero-order valence-electron chi connectivity index (χ0n) is 22.4. The number of halogens is 3. The number of likely N-dealkylation sites (tertiary alicyclic amines) is 1. The Hall–Kier alpha value is -2.56. The number of aliphatic hydroxyl groups excluding tert-OH is 1. The lowest BCUT2D eigenvalue weighted by Crippen LogP contribution is -2.62. The van der Waals surface area contributed by atoms with Gasteiger partial charge in [0.15, 0.2) is 0 Å². The molecule has 0 bridgehead atoms. The van der Waals surface area contributed by atoms with Crippen LogP contribution < -0.4 is 0 Å². The molecule has 5 rings (SSSR count). The van der Waals surface area contributed by atoms with Crippen molar-refractivity contribution >= 4 is 5.91 Å². The van der Waals surface area contributed by atoms with Gasteiger partial charge in [-0.25, -0.2) is 9.97 Å². The summed E-state index contributed by atoms with van der Waals surface area (Å²) in [5, 5.41) is 10.9. The monoisotopic (exact) mass is 531 g/mol. The third kappa shape index (κ3) is 4.82. The average molecular weight is 532 g/mol. The van der Waals surface area contributed by atoms with Crippen molar-refractivity contribution in [2.24, 2.45) is 0 Å². The zero-order valence-corrected chi connectivity index (χ0v) is 22.4. The van der Waals surface area contributed by atoms with Crippen LogP contribution in [0.15, 0.2) is 24.5 Å². The first-order valence-corrected chi connectivity index (χ1v) is 13.4. The Kier molecular flexibility index (Phi) is 7.02. The second-order valence-corrected chi connectivity index (χ2v) is 11.4. The second-order valence-electron chi connectivity index (χ2n) is 11.4. The van der Waals surface area contributed by atoms with Crippen molar-refractivity contribution in [1.82, 2.24) is 24.7 Å². The first-order chi connectivity index (χ1) is 17.9. The largest absolute Gasteiger partial charge is 0.416 e. The number of nitrogens with zero attached hydrogens (tertiary/aromatic N) is 5. The van der Waals surface area contributed by atoms with Crippen LogP contribution >= 0.6 is 0 Å². The fraction of sp³-hybridized carbons (Fsp3) is 0.607. The van der Waals surface area contributed by atoms with E-state index in [1.807, 2.05) is 18.7 Å². The van der Waals surface area contributed by atoms with Crippen LogP contribution in [0.3, 0.4) is 0 Å². The molecule has 3 atom stereocenters. The number of amides is 1. The maximum absolute atomic E-state index is 13.2. The van der Waals surface area contributed by atoms with E-state index in [0.717, 1.165) is 44.1 Å². The second kappa shape index (κ2) is 9.88. The lowest BCUT2D eigenvalue weighted by molar-refractivity contribution is -0.137. The molecule has 1 aromatic heterocycles. The number of aryl methyl sites for hydroxylation is 2. The molecule has 0 spiro atoms. The van der Waals surface area contributed by atoms with Gasteiger partial charge >= 0.3 is 6.18 Å². The van der Waals surface area contributed by atoms with Crippen molar-refractivity contribution in [3.63, 3.8) is 0 Å². The normalized spacial score (nSPS) is 26.4. The fourth-order valence-electron chi connectivity index (χ4n) is 6.63. The van der Waals surface area contributed by atoms with Gasteiger partial charge in [-0.3, -0.25) is 14.6 Å². The van der Waals surface area contributed by atoms with E-state index < -0.39 is 17.8 Å². The zero-order chi connectivity index (χ0) is 27.4. The Morgan fingerprint density at radius 1 is 1.08 bits per heavy atom. The molecule has 0 unspecified atom stereocenters. The molecule has 7 nitrogen and oxygen atoms in total. The van der Waals surface area contributed by atoms with Gasteiger partial charge in [-0.05, 0) is 63.8 Å². The van der Waals surface area contributed by atoms with Crippen LogP contribution in [0.25, 0.3) is 0 Å². The van der Waals surface area contributed by atoms with Crippen molar-refractivity contribution in [3.8, 4) is 0 Å². The lowest BCUT2D eigenvalue weighted by Gasteiger charge is -2.53. The maximum atomic E-state index is 13.2. The SMILES string of the molecule is Cc1ncnc(C)c1C(=O)N1CCC(C)(N2CCN([C@@H]3c4ccc(C(F)(F)F)cc4C[C@H]3O)[C@@H](C)C2)CC1. The van der Waals surface area contributed by atoms with Crippen LogP contribution in [0.1, 0.15) is 71.2 Å². The van der Waals surface area contributed by atoms with E-state index in [-0.39, 0.29) is 30.0 Å². The molecule has 38 heavy (non-hydrogen) atoms. The fourth-order valence-corrected chi connectivity index (χ4v) is 6.63. The summed E-state index contributed by atoms with van der Waals surface area (Å²) in [6, 6.07) is 3.70. The van der Waals surface area contributed by atoms with E-state index in [9.17, 15) is 23.1 Å². The van der Waals surface area contributed by atoms with Crippen molar-refractivity contribution in [2.45, 2.75) is 76.9 Å². The molecule has 2 fully saturated rings. The molecule has 1 amide bonds. The standard InChI is InChI=1S/C28H36F3N5O2/c1-17-15-35(27(4)7-9-34(10-8-27)26(38)24-18(2)32-16-33-19(24)3)11-12-36(17)25-22-6-5-21(28(29,30)31)13-20(22)14-23(25)37/h5-6,13,16-17,23,25,37H,7-12,14-15H2,1-4H3/t17-,23+,25+/m0/s1. The van der Waals surface area contributed by atoms with Crippen molar-refractivity contribution in [3.05, 3.63) is 58.2 Å². The molecule has 1 aliphatic carbocycles. The molecule has 1 N–H and O–H groups in total. The van der Waals surface area contributed by atoms with Crippen LogP contribution in [0.4, 0.5) is 13.2 Å². The number of aliphatic hydroxyl groups is 1. The molecular weight excluding hydrogens is 495 g/mol. The highest BCUT2D eigenvalue weighted by Crippen LogP contribution is 2.42. The van der Waals surface area contributed by atoms with E-state index in [1.165, 1.54) is 12.4 Å². The van der Waals surface area contributed by atoms with Gasteiger partial charge in [-0.15, -0.1) is 0 Å². The summed E-state index contributed by atoms with van der Waals surface area (Å²) in [4.78, 5) is 28.3. The minimum Gasteiger partial charge on any atom is -0.391 e. The molecule has 206 valence electrons. The molecule has 2 saturated heterocycles. The van der Waals surface area contributed by atoms with E-state index in [0.29, 0.717) is 35.6 Å².